The van der Waals surface area contributed by atoms with E-state index in [-0.39, 0.29) is 0 Å². The van der Waals surface area contributed by atoms with Gasteiger partial charge in [0.2, 0.25) is 0 Å². The summed E-state index contributed by atoms with van der Waals surface area (Å²) in [5.41, 5.74) is 2.55. The van der Waals surface area contributed by atoms with Crippen molar-refractivity contribution in [2.24, 2.45) is 0 Å². The zero-order chi connectivity index (χ0) is 11.5. The maximum Gasteiger partial charge on any atom is 0.328 e. The lowest BCUT2D eigenvalue weighted by atomic mass is 9.98. The summed E-state index contributed by atoms with van der Waals surface area (Å²) in [5, 5.41) is 18.9. The zero-order valence-corrected chi connectivity index (χ0v) is 8.89. The number of hydrogen-bond donors (Lipinski definition) is 2. The third kappa shape index (κ3) is 2.14. The van der Waals surface area contributed by atoms with E-state index in [1.165, 1.54) is 0 Å². The van der Waals surface area contributed by atoms with E-state index >= 15 is 0 Å². The van der Waals surface area contributed by atoms with Crippen molar-refractivity contribution >= 4 is 5.97 Å². The molecule has 84 valence electrons. The first-order valence-corrected chi connectivity index (χ1v) is 5.38. The standard InChI is InChI=1S/C13H14O3/c14-12(15)8-10-6-3-5-9-4-1-2-7-11(9)13(10)16/h1-2,4,7-8,13,16H,3,5-6H2,(H,14,15). The Morgan fingerprint density at radius 3 is 2.81 bits per heavy atom. The summed E-state index contributed by atoms with van der Waals surface area (Å²) in [6.07, 6.45) is 2.78. The van der Waals surface area contributed by atoms with Crippen molar-refractivity contribution in [1.82, 2.24) is 0 Å². The predicted octanol–water partition coefficient (Wildman–Crippen LogP) is 2.07. The fourth-order valence-corrected chi connectivity index (χ4v) is 2.16. The molecule has 1 aliphatic carbocycles. The Bertz CT molecular complexity index is 435. The number of aryl methyl sites for hydroxylation is 1. The molecule has 0 aromatic heterocycles. The second-order valence-corrected chi connectivity index (χ2v) is 4.01. The van der Waals surface area contributed by atoms with Crippen LogP contribution in [0.3, 0.4) is 0 Å². The maximum absolute atomic E-state index is 10.6. The minimum atomic E-state index is -0.992. The van der Waals surface area contributed by atoms with Crippen molar-refractivity contribution in [2.45, 2.75) is 25.4 Å². The largest absolute Gasteiger partial charge is 0.478 e. The number of rotatable bonds is 1. The van der Waals surface area contributed by atoms with Crippen molar-refractivity contribution in [3.05, 3.63) is 47.0 Å². The first-order chi connectivity index (χ1) is 7.68. The second-order valence-electron chi connectivity index (χ2n) is 4.01. The van der Waals surface area contributed by atoms with Crippen molar-refractivity contribution in [2.75, 3.05) is 0 Å². The van der Waals surface area contributed by atoms with Crippen LogP contribution in [0.4, 0.5) is 0 Å². The number of carboxylic acid groups (broad SMARTS) is 1. The molecule has 0 radical (unpaired) electrons. The van der Waals surface area contributed by atoms with E-state index in [4.69, 9.17) is 5.11 Å². The second kappa shape index (κ2) is 4.49. The molecule has 3 nitrogen and oxygen atoms in total. The Balaban J connectivity index is 2.41. The van der Waals surface area contributed by atoms with E-state index in [9.17, 15) is 9.90 Å². The molecule has 2 rings (SSSR count). The lowest BCUT2D eigenvalue weighted by Gasteiger charge is -2.13. The van der Waals surface area contributed by atoms with Gasteiger partial charge in [-0.2, -0.15) is 0 Å². The molecule has 1 atom stereocenters. The van der Waals surface area contributed by atoms with E-state index in [2.05, 4.69) is 0 Å². The Morgan fingerprint density at radius 2 is 2.06 bits per heavy atom. The van der Waals surface area contributed by atoms with Crippen LogP contribution in [0.25, 0.3) is 0 Å². The van der Waals surface area contributed by atoms with Gasteiger partial charge in [0.25, 0.3) is 0 Å². The number of carbonyl (C=O) groups is 1. The van der Waals surface area contributed by atoms with Crippen LogP contribution in [-0.2, 0) is 11.2 Å². The number of aliphatic carboxylic acids is 1. The molecule has 16 heavy (non-hydrogen) atoms. The van der Waals surface area contributed by atoms with Gasteiger partial charge in [0.05, 0.1) is 0 Å². The number of hydrogen-bond acceptors (Lipinski definition) is 2. The van der Waals surface area contributed by atoms with Gasteiger partial charge in [-0.15, -0.1) is 0 Å². The number of aliphatic hydroxyl groups is 1. The van der Waals surface area contributed by atoms with E-state index in [0.717, 1.165) is 30.0 Å². The predicted molar refractivity (Wildman–Crippen MR) is 60.1 cm³/mol. The highest BCUT2D eigenvalue weighted by molar-refractivity contribution is 5.81. The quantitative estimate of drug-likeness (QED) is 0.560. The third-order valence-electron chi connectivity index (χ3n) is 2.92. The molecule has 1 aromatic carbocycles. The van der Waals surface area contributed by atoms with Crippen molar-refractivity contribution in [3.63, 3.8) is 0 Å². The molecule has 1 aliphatic rings. The Kier molecular flexibility index (Phi) is 3.06. The van der Waals surface area contributed by atoms with E-state index in [1.807, 2.05) is 24.3 Å². The van der Waals surface area contributed by atoms with E-state index in [0.29, 0.717) is 12.0 Å². The average Bonchev–Trinajstić information content (AvgIpc) is 2.40. The van der Waals surface area contributed by atoms with Gasteiger partial charge in [-0.05, 0) is 36.0 Å². The first-order valence-electron chi connectivity index (χ1n) is 5.38. The number of carboxylic acids is 1. The minimum absolute atomic E-state index is 0.595. The van der Waals surface area contributed by atoms with Gasteiger partial charge < -0.3 is 10.2 Å². The third-order valence-corrected chi connectivity index (χ3v) is 2.92. The van der Waals surface area contributed by atoms with Crippen LogP contribution in [0.15, 0.2) is 35.9 Å². The fraction of sp³-hybridized carbons (Fsp3) is 0.308. The molecule has 0 heterocycles. The van der Waals surface area contributed by atoms with E-state index in [1.54, 1.807) is 0 Å². The number of aliphatic hydroxyl groups excluding tert-OH is 1. The normalized spacial score (nSPS) is 22.6. The number of fused-ring (bicyclic) bond motifs is 1. The van der Waals surface area contributed by atoms with Crippen molar-refractivity contribution in [3.8, 4) is 0 Å². The minimum Gasteiger partial charge on any atom is -0.478 e. The molecule has 0 spiro atoms. The van der Waals surface area contributed by atoms with Gasteiger partial charge in [0.15, 0.2) is 0 Å². The Hall–Kier alpha value is -1.61. The molecule has 3 heteroatoms. The molecule has 1 unspecified atom stereocenters. The number of benzene rings is 1. The summed E-state index contributed by atoms with van der Waals surface area (Å²) in [4.78, 5) is 10.6. The summed E-state index contributed by atoms with van der Waals surface area (Å²) in [6.45, 7) is 0. The van der Waals surface area contributed by atoms with Gasteiger partial charge in [-0.1, -0.05) is 24.3 Å². The molecule has 0 bridgehead atoms. The lowest BCUT2D eigenvalue weighted by Crippen LogP contribution is -2.04. The van der Waals surface area contributed by atoms with E-state index < -0.39 is 12.1 Å². The molecular weight excluding hydrogens is 204 g/mol. The molecule has 0 amide bonds. The summed E-state index contributed by atoms with van der Waals surface area (Å²) in [5.74, 6) is -0.992. The smallest absolute Gasteiger partial charge is 0.328 e. The molecule has 2 N–H and O–H groups in total. The highest BCUT2D eigenvalue weighted by Gasteiger charge is 2.20. The summed E-state index contributed by atoms with van der Waals surface area (Å²) in [6, 6.07) is 7.66. The molecule has 0 fully saturated rings. The molecule has 1 aromatic rings. The van der Waals surface area contributed by atoms with Gasteiger partial charge >= 0.3 is 5.97 Å². The van der Waals surface area contributed by atoms with Crippen LogP contribution >= 0.6 is 0 Å². The fourth-order valence-electron chi connectivity index (χ4n) is 2.16. The summed E-state index contributed by atoms with van der Waals surface area (Å²) in [7, 11) is 0. The zero-order valence-electron chi connectivity index (χ0n) is 8.89. The Labute approximate surface area is 94.0 Å². The molecule has 0 saturated heterocycles. The summed E-state index contributed by atoms with van der Waals surface area (Å²) < 4.78 is 0. The van der Waals surface area contributed by atoms with Crippen molar-refractivity contribution in [1.29, 1.82) is 0 Å². The molecule has 0 aliphatic heterocycles. The van der Waals surface area contributed by atoms with Crippen LogP contribution < -0.4 is 0 Å². The first kappa shape index (κ1) is 10.9. The van der Waals surface area contributed by atoms with Gasteiger partial charge in [0, 0.05) is 6.08 Å². The topological polar surface area (TPSA) is 57.5 Å². The molecule has 0 saturated carbocycles. The van der Waals surface area contributed by atoms with Crippen LogP contribution in [0.5, 0.6) is 0 Å². The van der Waals surface area contributed by atoms with Gasteiger partial charge in [-0.3, -0.25) is 0 Å². The highest BCUT2D eigenvalue weighted by atomic mass is 16.4. The average molecular weight is 218 g/mol. The lowest BCUT2D eigenvalue weighted by molar-refractivity contribution is -0.131. The monoisotopic (exact) mass is 218 g/mol. The Morgan fingerprint density at radius 1 is 1.31 bits per heavy atom. The summed E-state index contributed by atoms with van der Waals surface area (Å²) >= 11 is 0. The van der Waals surface area contributed by atoms with Crippen LogP contribution in [0, 0.1) is 0 Å². The SMILES string of the molecule is O=C(O)C=C1CCCc2ccccc2C1O. The van der Waals surface area contributed by atoms with Gasteiger partial charge in [-0.25, -0.2) is 4.79 Å². The molecular formula is C13H14O3. The highest BCUT2D eigenvalue weighted by Crippen LogP contribution is 2.32. The van der Waals surface area contributed by atoms with Crippen LogP contribution in [0.1, 0.15) is 30.1 Å². The van der Waals surface area contributed by atoms with Gasteiger partial charge in [0.1, 0.15) is 6.10 Å². The van der Waals surface area contributed by atoms with Crippen LogP contribution in [0.2, 0.25) is 0 Å². The van der Waals surface area contributed by atoms with Crippen LogP contribution in [-0.4, -0.2) is 16.2 Å². The van der Waals surface area contributed by atoms with Crippen molar-refractivity contribution < 1.29 is 15.0 Å². The maximum atomic E-state index is 10.6.